The normalized spacial score (nSPS) is 18.0. The zero-order valence-electron chi connectivity index (χ0n) is 13.8. The van der Waals surface area contributed by atoms with Gasteiger partial charge in [0.2, 0.25) is 0 Å². The second-order valence-corrected chi connectivity index (χ2v) is 6.08. The van der Waals surface area contributed by atoms with Gasteiger partial charge in [-0.15, -0.1) is 0 Å². The van der Waals surface area contributed by atoms with Crippen LogP contribution < -0.4 is 10.1 Å². The van der Waals surface area contributed by atoms with Gasteiger partial charge in [-0.2, -0.15) is 5.10 Å². The number of alkyl carbamates (subject to hydrolysis) is 1. The van der Waals surface area contributed by atoms with E-state index in [2.05, 4.69) is 20.5 Å². The summed E-state index contributed by atoms with van der Waals surface area (Å²) >= 11 is 0. The van der Waals surface area contributed by atoms with Crippen LogP contribution in [0, 0.1) is 0 Å². The highest BCUT2D eigenvalue weighted by Crippen LogP contribution is 2.30. The second kappa shape index (κ2) is 6.43. The van der Waals surface area contributed by atoms with Gasteiger partial charge in [0, 0.05) is 41.9 Å². The van der Waals surface area contributed by atoms with E-state index in [1.807, 2.05) is 31.2 Å². The standard InChI is InChI=1S/C18H18N4O3/c1-11-4-5-20-18(23)24-10-12-6-13(9-19-8-12)17-15-7-14(25-11)2-3-16(15)21-22-17/h2-3,6-9,11H,4-5,10H2,1H3,(H,20,23)(H,21,22)/t11-/m1/s1. The van der Waals surface area contributed by atoms with Crippen LogP contribution >= 0.6 is 0 Å². The first-order valence-corrected chi connectivity index (χ1v) is 8.19. The number of hydrogen-bond acceptors (Lipinski definition) is 5. The number of rotatable bonds is 0. The molecular formula is C18H18N4O3. The van der Waals surface area contributed by atoms with E-state index in [9.17, 15) is 4.79 Å². The summed E-state index contributed by atoms with van der Waals surface area (Å²) in [6, 6.07) is 7.77. The Morgan fingerprint density at radius 2 is 2.16 bits per heavy atom. The van der Waals surface area contributed by atoms with Gasteiger partial charge in [-0.3, -0.25) is 10.1 Å². The summed E-state index contributed by atoms with van der Waals surface area (Å²) < 4.78 is 11.2. The number of cyclic esters (lactones) is 1. The number of nitrogens with one attached hydrogen (secondary N) is 2. The number of carbonyl (C=O) groups excluding carboxylic acids is 1. The SMILES string of the molecule is C[C@@H]1CCNC(=O)OCc2cncc(c2)-c2n[nH]c3ccc(cc23)O1. The Labute approximate surface area is 144 Å². The van der Waals surface area contributed by atoms with E-state index < -0.39 is 6.09 Å². The molecule has 1 atom stereocenters. The van der Waals surface area contributed by atoms with Gasteiger partial charge in [-0.25, -0.2) is 4.79 Å². The molecule has 25 heavy (non-hydrogen) atoms. The molecule has 1 aliphatic rings. The first-order valence-electron chi connectivity index (χ1n) is 8.19. The van der Waals surface area contributed by atoms with Gasteiger partial charge in [0.05, 0.1) is 11.6 Å². The molecule has 1 aliphatic heterocycles. The zero-order chi connectivity index (χ0) is 17.2. The number of carbonyl (C=O) groups is 1. The Kier molecular flexibility index (Phi) is 3.97. The van der Waals surface area contributed by atoms with E-state index in [-0.39, 0.29) is 12.7 Å². The highest BCUT2D eigenvalue weighted by molar-refractivity contribution is 5.93. The Bertz CT molecular complexity index is 922. The Balaban J connectivity index is 1.79. The third-order valence-electron chi connectivity index (χ3n) is 4.13. The summed E-state index contributed by atoms with van der Waals surface area (Å²) in [7, 11) is 0. The highest BCUT2D eigenvalue weighted by atomic mass is 16.5. The number of H-pyrrole nitrogens is 1. The fourth-order valence-electron chi connectivity index (χ4n) is 2.85. The minimum Gasteiger partial charge on any atom is -0.491 e. The molecule has 0 saturated heterocycles. The number of aromatic amines is 1. The average Bonchev–Trinajstić information content (AvgIpc) is 3.03. The number of aromatic nitrogens is 3. The van der Waals surface area contributed by atoms with Gasteiger partial charge < -0.3 is 14.8 Å². The minimum atomic E-state index is -0.449. The maximum Gasteiger partial charge on any atom is 0.407 e. The minimum absolute atomic E-state index is 0.0408. The number of pyridine rings is 1. The molecule has 0 saturated carbocycles. The van der Waals surface area contributed by atoms with Crippen molar-refractivity contribution in [2.24, 2.45) is 0 Å². The lowest BCUT2D eigenvalue weighted by Gasteiger charge is -2.15. The van der Waals surface area contributed by atoms with Crippen LogP contribution in [0.25, 0.3) is 22.2 Å². The van der Waals surface area contributed by atoms with Crippen molar-refractivity contribution in [3.05, 3.63) is 42.2 Å². The zero-order valence-corrected chi connectivity index (χ0v) is 13.8. The third-order valence-corrected chi connectivity index (χ3v) is 4.13. The van der Waals surface area contributed by atoms with Crippen LogP contribution in [0.1, 0.15) is 18.9 Å². The van der Waals surface area contributed by atoms with Crippen molar-refractivity contribution < 1.29 is 14.3 Å². The smallest absolute Gasteiger partial charge is 0.407 e. The Morgan fingerprint density at radius 3 is 3.08 bits per heavy atom. The number of benzene rings is 1. The van der Waals surface area contributed by atoms with Gasteiger partial charge in [-0.1, -0.05) is 0 Å². The topological polar surface area (TPSA) is 89.1 Å². The fraction of sp³-hybridized carbons (Fsp3) is 0.278. The molecule has 0 spiro atoms. The average molecular weight is 338 g/mol. The summed E-state index contributed by atoms with van der Waals surface area (Å²) in [5.74, 6) is 0.768. The number of amides is 1. The largest absolute Gasteiger partial charge is 0.491 e. The first-order chi connectivity index (χ1) is 12.2. The van der Waals surface area contributed by atoms with Crippen molar-refractivity contribution in [3.63, 3.8) is 0 Å². The molecule has 0 unspecified atom stereocenters. The molecule has 4 rings (SSSR count). The van der Waals surface area contributed by atoms with Crippen molar-refractivity contribution >= 4 is 17.0 Å². The van der Waals surface area contributed by atoms with Crippen molar-refractivity contribution in [1.29, 1.82) is 0 Å². The van der Waals surface area contributed by atoms with Gasteiger partial charge in [0.25, 0.3) is 0 Å². The quantitative estimate of drug-likeness (QED) is 0.658. The van der Waals surface area contributed by atoms with Gasteiger partial charge in [0.15, 0.2) is 0 Å². The maximum absolute atomic E-state index is 11.8. The second-order valence-electron chi connectivity index (χ2n) is 6.08. The highest BCUT2D eigenvalue weighted by Gasteiger charge is 2.13. The Morgan fingerprint density at radius 1 is 1.24 bits per heavy atom. The van der Waals surface area contributed by atoms with Crippen molar-refractivity contribution in [3.8, 4) is 17.0 Å². The molecule has 1 aromatic carbocycles. The summed E-state index contributed by atoms with van der Waals surface area (Å²) in [6.45, 7) is 2.61. The number of nitrogens with zero attached hydrogens (tertiary/aromatic N) is 2. The molecule has 0 radical (unpaired) electrons. The molecule has 128 valence electrons. The predicted molar refractivity (Wildman–Crippen MR) is 92.2 cm³/mol. The van der Waals surface area contributed by atoms with E-state index >= 15 is 0 Å². The summed E-state index contributed by atoms with van der Waals surface area (Å²) in [5.41, 5.74) is 3.38. The third kappa shape index (κ3) is 3.26. The fourth-order valence-corrected chi connectivity index (χ4v) is 2.85. The maximum atomic E-state index is 11.8. The summed E-state index contributed by atoms with van der Waals surface area (Å²) in [4.78, 5) is 16.0. The van der Waals surface area contributed by atoms with Crippen molar-refractivity contribution in [2.75, 3.05) is 6.54 Å². The summed E-state index contributed by atoms with van der Waals surface area (Å²) in [6.07, 6.45) is 3.62. The summed E-state index contributed by atoms with van der Waals surface area (Å²) in [5, 5.41) is 11.1. The molecule has 2 N–H and O–H groups in total. The Hall–Kier alpha value is -3.09. The number of fused-ring (bicyclic) bond motifs is 4. The van der Waals surface area contributed by atoms with Crippen LogP contribution in [-0.2, 0) is 11.3 Å². The van der Waals surface area contributed by atoms with Crippen molar-refractivity contribution in [2.45, 2.75) is 26.1 Å². The van der Waals surface area contributed by atoms with E-state index in [0.717, 1.165) is 33.5 Å². The monoisotopic (exact) mass is 338 g/mol. The van der Waals surface area contributed by atoms with Gasteiger partial charge in [-0.05, 0) is 31.2 Å². The lowest BCUT2D eigenvalue weighted by atomic mass is 10.1. The molecule has 7 nitrogen and oxygen atoms in total. The molecule has 4 bridgehead atoms. The van der Waals surface area contributed by atoms with E-state index in [0.29, 0.717) is 13.0 Å². The van der Waals surface area contributed by atoms with Gasteiger partial charge >= 0.3 is 6.09 Å². The number of ether oxygens (including phenoxy) is 2. The molecule has 0 fully saturated rings. The molecular weight excluding hydrogens is 320 g/mol. The molecule has 0 aliphatic carbocycles. The van der Waals surface area contributed by atoms with Gasteiger partial charge in [0.1, 0.15) is 18.1 Å². The van der Waals surface area contributed by atoms with Crippen LogP contribution in [0.4, 0.5) is 4.79 Å². The van der Waals surface area contributed by atoms with Crippen LogP contribution in [0.5, 0.6) is 5.75 Å². The van der Waals surface area contributed by atoms with E-state index in [1.54, 1.807) is 12.4 Å². The molecule has 2 aromatic heterocycles. The molecule has 3 heterocycles. The van der Waals surface area contributed by atoms with Crippen LogP contribution in [-0.4, -0.2) is 33.9 Å². The van der Waals surface area contributed by atoms with E-state index in [4.69, 9.17) is 9.47 Å². The van der Waals surface area contributed by atoms with Crippen LogP contribution in [0.3, 0.4) is 0 Å². The van der Waals surface area contributed by atoms with Crippen LogP contribution in [0.2, 0.25) is 0 Å². The molecule has 1 amide bonds. The lowest BCUT2D eigenvalue weighted by Crippen LogP contribution is -2.28. The van der Waals surface area contributed by atoms with Crippen LogP contribution in [0.15, 0.2) is 36.7 Å². The van der Waals surface area contributed by atoms with Crippen molar-refractivity contribution in [1.82, 2.24) is 20.5 Å². The lowest BCUT2D eigenvalue weighted by molar-refractivity contribution is 0.137. The molecule has 3 aromatic rings. The number of hydrogen-bond donors (Lipinski definition) is 2. The van der Waals surface area contributed by atoms with E-state index in [1.165, 1.54) is 0 Å². The molecule has 7 heteroatoms. The predicted octanol–water partition coefficient (Wildman–Crippen LogP) is 3.02. The first kappa shape index (κ1) is 15.4.